The van der Waals surface area contributed by atoms with Crippen molar-refractivity contribution in [2.75, 3.05) is 0 Å². The SMILES string of the molecule is CC1=C(CC(=O)NCc2ccccc2)c2ccc(F)cc2C1=C1C=CNC=C1.Cc1ccc(S(=O)(=O)O)cc1. The second-order valence-corrected chi connectivity index (χ2v) is 10.6. The van der Waals surface area contributed by atoms with Crippen LogP contribution in [-0.4, -0.2) is 18.9 Å². The summed E-state index contributed by atoms with van der Waals surface area (Å²) >= 11 is 0. The minimum absolute atomic E-state index is 0.0453. The molecule has 0 unspecified atom stereocenters. The summed E-state index contributed by atoms with van der Waals surface area (Å²) in [7, 11) is -4.02. The third-order valence-electron chi connectivity index (χ3n) is 6.40. The van der Waals surface area contributed by atoms with Gasteiger partial charge in [0, 0.05) is 18.9 Å². The quantitative estimate of drug-likeness (QED) is 0.345. The summed E-state index contributed by atoms with van der Waals surface area (Å²) in [5.41, 5.74) is 7.73. The zero-order valence-corrected chi connectivity index (χ0v) is 22.4. The van der Waals surface area contributed by atoms with Gasteiger partial charge in [0.15, 0.2) is 0 Å². The number of carbonyl (C=O) groups is 1. The number of halogens is 1. The Kier molecular flexibility index (Phi) is 8.59. The molecule has 0 atom stereocenters. The molecule has 39 heavy (non-hydrogen) atoms. The van der Waals surface area contributed by atoms with Crippen molar-refractivity contribution >= 4 is 27.2 Å². The van der Waals surface area contributed by atoms with Gasteiger partial charge in [0.1, 0.15) is 5.82 Å². The monoisotopic (exact) mass is 544 g/mol. The lowest BCUT2D eigenvalue weighted by Gasteiger charge is -2.10. The highest BCUT2D eigenvalue weighted by Crippen LogP contribution is 2.45. The number of rotatable bonds is 5. The van der Waals surface area contributed by atoms with E-state index < -0.39 is 10.1 Å². The fourth-order valence-corrected chi connectivity index (χ4v) is 4.90. The maximum Gasteiger partial charge on any atom is 0.294 e. The summed E-state index contributed by atoms with van der Waals surface area (Å²) in [5, 5.41) is 6.00. The van der Waals surface area contributed by atoms with Crippen LogP contribution < -0.4 is 10.6 Å². The van der Waals surface area contributed by atoms with E-state index in [9.17, 15) is 17.6 Å². The Balaban J connectivity index is 0.000000270. The van der Waals surface area contributed by atoms with E-state index in [4.69, 9.17) is 4.55 Å². The molecule has 1 amide bonds. The number of nitrogens with one attached hydrogen (secondary N) is 2. The zero-order chi connectivity index (χ0) is 28.0. The average Bonchev–Trinajstić information content (AvgIpc) is 3.18. The van der Waals surface area contributed by atoms with Crippen LogP contribution in [0.5, 0.6) is 0 Å². The lowest BCUT2D eigenvalue weighted by Crippen LogP contribution is -2.22. The molecule has 200 valence electrons. The first-order valence-electron chi connectivity index (χ1n) is 12.3. The molecule has 0 aromatic heterocycles. The van der Waals surface area contributed by atoms with Crippen LogP contribution in [0.3, 0.4) is 0 Å². The predicted octanol–water partition coefficient (Wildman–Crippen LogP) is 5.95. The molecule has 0 fully saturated rings. The number of hydrogen-bond acceptors (Lipinski definition) is 4. The van der Waals surface area contributed by atoms with E-state index in [1.165, 1.54) is 18.2 Å². The molecule has 8 heteroatoms. The molecule has 1 aliphatic carbocycles. The Morgan fingerprint density at radius 1 is 0.923 bits per heavy atom. The number of aryl methyl sites for hydroxylation is 1. The second kappa shape index (κ2) is 12.1. The minimum Gasteiger partial charge on any atom is -0.368 e. The van der Waals surface area contributed by atoms with Gasteiger partial charge in [0.2, 0.25) is 5.91 Å². The van der Waals surface area contributed by atoms with Crippen LogP contribution in [0.15, 0.2) is 113 Å². The molecule has 0 radical (unpaired) electrons. The number of dihydropyridines is 1. The Labute approximate surface area is 228 Å². The van der Waals surface area contributed by atoms with Crippen molar-refractivity contribution < 1.29 is 22.2 Å². The van der Waals surface area contributed by atoms with Crippen LogP contribution in [0.1, 0.15) is 35.6 Å². The van der Waals surface area contributed by atoms with Gasteiger partial charge < -0.3 is 10.6 Å². The average molecular weight is 545 g/mol. The summed E-state index contributed by atoms with van der Waals surface area (Å²) in [6.07, 6.45) is 7.88. The van der Waals surface area contributed by atoms with E-state index in [2.05, 4.69) is 10.6 Å². The Morgan fingerprint density at radius 2 is 1.59 bits per heavy atom. The van der Waals surface area contributed by atoms with Gasteiger partial charge in [-0.1, -0.05) is 54.1 Å². The lowest BCUT2D eigenvalue weighted by molar-refractivity contribution is -0.120. The number of allylic oxidation sites excluding steroid dienone is 5. The van der Waals surface area contributed by atoms with Crippen LogP contribution in [0.4, 0.5) is 4.39 Å². The summed E-state index contributed by atoms with van der Waals surface area (Å²) in [4.78, 5) is 12.5. The zero-order valence-electron chi connectivity index (χ0n) is 21.6. The van der Waals surface area contributed by atoms with E-state index in [1.807, 2.05) is 68.7 Å². The second-order valence-electron chi connectivity index (χ2n) is 9.18. The molecule has 0 saturated heterocycles. The van der Waals surface area contributed by atoms with Crippen molar-refractivity contribution in [3.05, 3.63) is 137 Å². The van der Waals surface area contributed by atoms with E-state index in [0.717, 1.165) is 44.5 Å². The molecular weight excluding hydrogens is 515 g/mol. The number of amides is 1. The summed E-state index contributed by atoms with van der Waals surface area (Å²) < 4.78 is 43.5. The summed E-state index contributed by atoms with van der Waals surface area (Å²) in [6, 6.07) is 20.6. The fraction of sp³-hybridized carbons (Fsp3) is 0.129. The first kappa shape index (κ1) is 27.8. The first-order chi connectivity index (χ1) is 18.6. The Morgan fingerprint density at radius 3 is 2.23 bits per heavy atom. The van der Waals surface area contributed by atoms with Crippen molar-refractivity contribution in [1.29, 1.82) is 0 Å². The molecule has 2 aliphatic rings. The van der Waals surface area contributed by atoms with Gasteiger partial charge >= 0.3 is 0 Å². The Hall–Kier alpha value is -4.27. The lowest BCUT2D eigenvalue weighted by atomic mass is 9.96. The van der Waals surface area contributed by atoms with Crippen LogP contribution in [0, 0.1) is 12.7 Å². The van der Waals surface area contributed by atoms with Gasteiger partial charge in [0.05, 0.1) is 11.3 Å². The van der Waals surface area contributed by atoms with Gasteiger partial charge in [-0.2, -0.15) is 8.42 Å². The van der Waals surface area contributed by atoms with E-state index in [1.54, 1.807) is 24.3 Å². The van der Waals surface area contributed by atoms with Gasteiger partial charge in [-0.15, -0.1) is 0 Å². The van der Waals surface area contributed by atoms with Crippen LogP contribution in [-0.2, 0) is 21.5 Å². The third kappa shape index (κ3) is 6.98. The van der Waals surface area contributed by atoms with E-state index >= 15 is 0 Å². The highest BCUT2D eigenvalue weighted by molar-refractivity contribution is 7.85. The molecule has 1 aliphatic heterocycles. The fourth-order valence-electron chi connectivity index (χ4n) is 4.42. The molecule has 0 bridgehead atoms. The smallest absolute Gasteiger partial charge is 0.294 e. The molecule has 5 rings (SSSR count). The predicted molar refractivity (Wildman–Crippen MR) is 151 cm³/mol. The summed E-state index contributed by atoms with van der Waals surface area (Å²) in [5.74, 6) is -0.322. The molecular formula is C31H29FN2O4S. The molecule has 6 nitrogen and oxygen atoms in total. The van der Waals surface area contributed by atoms with Crippen molar-refractivity contribution in [2.24, 2.45) is 0 Å². The molecule has 3 aromatic rings. The minimum atomic E-state index is -4.02. The number of carbonyl (C=O) groups excluding carboxylic acids is 1. The Bertz CT molecular complexity index is 1590. The molecule has 3 aromatic carbocycles. The maximum atomic E-state index is 14.0. The van der Waals surface area contributed by atoms with Gasteiger partial charge in [0.25, 0.3) is 10.1 Å². The highest BCUT2D eigenvalue weighted by atomic mass is 32.2. The largest absolute Gasteiger partial charge is 0.368 e. The van der Waals surface area contributed by atoms with Crippen LogP contribution >= 0.6 is 0 Å². The van der Waals surface area contributed by atoms with E-state index in [-0.39, 0.29) is 23.0 Å². The summed E-state index contributed by atoms with van der Waals surface area (Å²) in [6.45, 7) is 4.34. The third-order valence-corrected chi connectivity index (χ3v) is 7.27. The van der Waals surface area contributed by atoms with Crippen molar-refractivity contribution in [3.8, 4) is 0 Å². The molecule has 1 heterocycles. The van der Waals surface area contributed by atoms with Crippen molar-refractivity contribution in [3.63, 3.8) is 0 Å². The van der Waals surface area contributed by atoms with Crippen molar-refractivity contribution in [1.82, 2.24) is 10.6 Å². The van der Waals surface area contributed by atoms with Crippen LogP contribution in [0.25, 0.3) is 11.1 Å². The number of benzene rings is 3. The van der Waals surface area contributed by atoms with Crippen molar-refractivity contribution in [2.45, 2.75) is 31.7 Å². The molecule has 0 saturated carbocycles. The van der Waals surface area contributed by atoms with Gasteiger partial charge in [-0.3, -0.25) is 9.35 Å². The maximum absolute atomic E-state index is 14.0. The standard InChI is InChI=1S/C24H21FN2O.C7H8O3S/c1-16-21(14-23(28)27-15-17-5-3-2-4-6-17)20-8-7-19(25)13-22(20)24(16)18-9-11-26-12-10-18;1-6-2-4-7(5-3-6)11(8,9)10/h2-13,26H,14-15H2,1H3,(H,27,28);2-5H,1H3,(H,8,9,10). The van der Waals surface area contributed by atoms with Gasteiger partial charge in [-0.25, -0.2) is 4.39 Å². The number of hydrogen-bond donors (Lipinski definition) is 3. The first-order valence-corrected chi connectivity index (χ1v) is 13.8. The number of fused-ring (bicyclic) bond motifs is 1. The van der Waals surface area contributed by atoms with Gasteiger partial charge in [-0.05, 0) is 89.2 Å². The van der Waals surface area contributed by atoms with Crippen LogP contribution in [0.2, 0.25) is 0 Å². The molecule has 3 N–H and O–H groups in total. The molecule has 0 spiro atoms. The normalized spacial score (nSPS) is 13.9. The van der Waals surface area contributed by atoms with E-state index in [0.29, 0.717) is 6.54 Å². The topological polar surface area (TPSA) is 95.5 Å². The highest BCUT2D eigenvalue weighted by Gasteiger charge is 2.27.